The first-order valence-corrected chi connectivity index (χ1v) is 12.4. The number of nitro groups is 1. The van der Waals surface area contributed by atoms with E-state index in [9.17, 15) is 37.7 Å². The van der Waals surface area contributed by atoms with Crippen molar-refractivity contribution in [1.82, 2.24) is 5.32 Å². The number of hydrogen-bond acceptors (Lipinski definition) is 6. The van der Waals surface area contributed by atoms with Gasteiger partial charge in [-0.2, -0.15) is 13.2 Å². The van der Waals surface area contributed by atoms with E-state index < -0.39 is 51.5 Å². The molecular weight excluding hydrogens is 679 g/mol. The van der Waals surface area contributed by atoms with Gasteiger partial charge in [0.05, 0.1) is 20.6 Å². The molecule has 15 heteroatoms. The number of hydrogen-bond donors (Lipinski definition) is 1. The Morgan fingerprint density at radius 1 is 1.03 bits per heavy atom. The number of rotatable bonds is 5. The number of benzene rings is 3. The number of ether oxygens (including phenoxy) is 1. The minimum Gasteiger partial charge on any atom is -0.448 e. The first-order valence-electron chi connectivity index (χ1n) is 10.5. The van der Waals surface area contributed by atoms with Crippen molar-refractivity contribution in [2.45, 2.75) is 6.18 Å². The average molecular weight is 690 g/mol. The van der Waals surface area contributed by atoms with E-state index in [2.05, 4.69) is 37.2 Å². The number of halogens is 6. The number of imide groups is 2. The third-order valence-corrected chi connectivity index (χ3v) is 6.52. The van der Waals surface area contributed by atoms with Crippen molar-refractivity contribution < 1.29 is 37.2 Å². The molecule has 3 aromatic rings. The zero-order valence-electron chi connectivity index (χ0n) is 18.9. The third-order valence-electron chi connectivity index (χ3n) is 5.22. The van der Waals surface area contributed by atoms with E-state index in [1.54, 1.807) is 0 Å². The van der Waals surface area contributed by atoms with Gasteiger partial charge in [0, 0.05) is 21.1 Å². The van der Waals surface area contributed by atoms with Gasteiger partial charge in [-0.25, -0.2) is 9.69 Å². The number of nitrogens with one attached hydrogen (secondary N) is 1. The van der Waals surface area contributed by atoms with Crippen LogP contribution in [0.2, 0.25) is 5.02 Å². The Morgan fingerprint density at radius 3 is 2.31 bits per heavy atom. The van der Waals surface area contributed by atoms with E-state index in [1.165, 1.54) is 36.4 Å². The van der Waals surface area contributed by atoms with Crippen LogP contribution in [0.1, 0.15) is 11.1 Å². The van der Waals surface area contributed by atoms with E-state index in [1.807, 2.05) is 0 Å². The van der Waals surface area contributed by atoms with E-state index in [-0.39, 0.29) is 21.5 Å². The third kappa shape index (κ3) is 5.97. The van der Waals surface area contributed by atoms with E-state index in [0.29, 0.717) is 26.5 Å². The SMILES string of the molecule is O=C1NC(=O)N(c2ccc(Cl)cc2)C(=O)/C1=C/c1cc(Br)cc(Br)c1Oc1ccc(C(F)(F)F)cc1[N+](=O)[O-]. The van der Waals surface area contributed by atoms with Gasteiger partial charge in [-0.05, 0) is 70.5 Å². The van der Waals surface area contributed by atoms with Gasteiger partial charge in [-0.15, -0.1) is 0 Å². The lowest BCUT2D eigenvalue weighted by molar-refractivity contribution is -0.385. The summed E-state index contributed by atoms with van der Waals surface area (Å²) in [7, 11) is 0. The van der Waals surface area contributed by atoms with Crippen molar-refractivity contribution in [3.63, 3.8) is 0 Å². The molecular formula is C24H11Br2ClF3N3O6. The number of barbiturate groups is 1. The topological polar surface area (TPSA) is 119 Å². The smallest absolute Gasteiger partial charge is 0.416 e. The first-order chi connectivity index (χ1) is 18.3. The largest absolute Gasteiger partial charge is 0.448 e. The van der Waals surface area contributed by atoms with Crippen molar-refractivity contribution in [2.75, 3.05) is 4.90 Å². The molecule has 0 aliphatic carbocycles. The second-order valence-electron chi connectivity index (χ2n) is 7.78. The maximum absolute atomic E-state index is 13.2. The van der Waals surface area contributed by atoms with Crippen LogP contribution in [0.5, 0.6) is 11.5 Å². The minimum absolute atomic E-state index is 0.0225. The summed E-state index contributed by atoms with van der Waals surface area (Å²) < 4.78 is 45.6. The quantitative estimate of drug-likeness (QED) is 0.131. The van der Waals surface area contributed by atoms with Crippen molar-refractivity contribution in [1.29, 1.82) is 0 Å². The summed E-state index contributed by atoms with van der Waals surface area (Å²) in [5, 5.41) is 13.9. The Balaban J connectivity index is 1.81. The molecule has 4 rings (SSSR count). The van der Waals surface area contributed by atoms with Gasteiger partial charge in [0.1, 0.15) is 11.3 Å². The van der Waals surface area contributed by atoms with E-state index in [4.69, 9.17) is 16.3 Å². The lowest BCUT2D eigenvalue weighted by atomic mass is 10.1. The number of alkyl halides is 3. The van der Waals surface area contributed by atoms with Crippen LogP contribution in [0.4, 0.5) is 29.3 Å². The second-order valence-corrected chi connectivity index (χ2v) is 9.99. The summed E-state index contributed by atoms with van der Waals surface area (Å²) in [4.78, 5) is 49.5. The number of anilines is 1. The van der Waals surface area contributed by atoms with Crippen molar-refractivity contribution in [3.8, 4) is 11.5 Å². The van der Waals surface area contributed by atoms with Crippen molar-refractivity contribution in [2.24, 2.45) is 0 Å². The molecule has 0 bridgehead atoms. The monoisotopic (exact) mass is 687 g/mol. The Morgan fingerprint density at radius 2 is 1.69 bits per heavy atom. The molecule has 1 saturated heterocycles. The summed E-state index contributed by atoms with van der Waals surface area (Å²) in [6, 6.07) is 9.24. The highest BCUT2D eigenvalue weighted by atomic mass is 79.9. The summed E-state index contributed by atoms with van der Waals surface area (Å²) in [6.07, 6.45) is -3.76. The van der Waals surface area contributed by atoms with Crippen LogP contribution in [0, 0.1) is 10.1 Å². The van der Waals surface area contributed by atoms with Gasteiger partial charge >= 0.3 is 17.9 Å². The molecule has 0 aromatic heterocycles. The number of nitrogens with zero attached hydrogens (tertiary/aromatic N) is 2. The Labute approximate surface area is 238 Å². The highest BCUT2D eigenvalue weighted by molar-refractivity contribution is 9.11. The lowest BCUT2D eigenvalue weighted by Crippen LogP contribution is -2.54. The average Bonchev–Trinajstić information content (AvgIpc) is 2.84. The maximum atomic E-state index is 13.2. The zero-order valence-corrected chi connectivity index (χ0v) is 22.8. The number of urea groups is 1. The van der Waals surface area contributed by atoms with Gasteiger partial charge in [-0.1, -0.05) is 27.5 Å². The molecule has 4 amide bonds. The Kier molecular flexibility index (Phi) is 7.82. The number of carbonyl (C=O) groups is 3. The molecule has 1 fully saturated rings. The summed E-state index contributed by atoms with van der Waals surface area (Å²) in [5.41, 5.74) is -2.58. The summed E-state index contributed by atoms with van der Waals surface area (Å²) in [6.45, 7) is 0. The molecule has 3 aromatic carbocycles. The van der Waals surface area contributed by atoms with Crippen LogP contribution < -0.4 is 15.0 Å². The second kappa shape index (κ2) is 10.8. The van der Waals surface area contributed by atoms with Gasteiger partial charge in [0.15, 0.2) is 0 Å². The predicted molar refractivity (Wildman–Crippen MR) is 140 cm³/mol. The zero-order chi connectivity index (χ0) is 28.6. The van der Waals surface area contributed by atoms with Gasteiger partial charge in [0.2, 0.25) is 5.75 Å². The number of nitro benzene ring substituents is 1. The fourth-order valence-corrected chi connectivity index (χ4v) is 4.93. The van der Waals surface area contributed by atoms with Crippen LogP contribution in [-0.2, 0) is 15.8 Å². The van der Waals surface area contributed by atoms with E-state index in [0.717, 1.165) is 12.1 Å². The molecule has 1 N–H and O–H groups in total. The molecule has 9 nitrogen and oxygen atoms in total. The van der Waals surface area contributed by atoms with Crippen LogP contribution >= 0.6 is 43.5 Å². The van der Waals surface area contributed by atoms with Gasteiger partial charge in [-0.3, -0.25) is 25.0 Å². The van der Waals surface area contributed by atoms with Crippen molar-refractivity contribution in [3.05, 3.63) is 95.4 Å². The Hall–Kier alpha value is -3.75. The Bertz CT molecular complexity index is 1580. The minimum atomic E-state index is -4.83. The molecule has 0 unspecified atom stereocenters. The highest BCUT2D eigenvalue weighted by Gasteiger charge is 2.37. The molecule has 39 heavy (non-hydrogen) atoms. The molecule has 1 aliphatic heterocycles. The molecule has 1 heterocycles. The highest BCUT2D eigenvalue weighted by Crippen LogP contribution is 2.42. The molecule has 200 valence electrons. The fourth-order valence-electron chi connectivity index (χ4n) is 3.47. The predicted octanol–water partition coefficient (Wildman–Crippen LogP) is 7.25. The summed E-state index contributed by atoms with van der Waals surface area (Å²) in [5.74, 6) is -2.72. The standard InChI is InChI=1S/C24H11Br2ClF3N3O6/c25-13-7-11(8-16-21(34)31-23(36)32(22(16)35)15-4-2-14(27)3-5-15)20(17(26)10-13)39-19-6-1-12(24(28,29)30)9-18(19)33(37)38/h1-10H,(H,31,34,36)/b16-8+. The van der Waals surface area contributed by atoms with Crippen LogP contribution in [-0.4, -0.2) is 22.8 Å². The molecule has 0 saturated carbocycles. The molecule has 0 radical (unpaired) electrons. The molecule has 0 atom stereocenters. The first kappa shape index (κ1) is 28.3. The fraction of sp³-hybridized carbons (Fsp3) is 0.0417. The van der Waals surface area contributed by atoms with Gasteiger partial charge in [0.25, 0.3) is 11.8 Å². The summed E-state index contributed by atoms with van der Waals surface area (Å²) >= 11 is 12.3. The van der Waals surface area contributed by atoms with E-state index >= 15 is 0 Å². The van der Waals surface area contributed by atoms with Crippen LogP contribution in [0.15, 0.2) is 69.1 Å². The normalized spacial score (nSPS) is 15.0. The maximum Gasteiger partial charge on any atom is 0.416 e. The van der Waals surface area contributed by atoms with Crippen LogP contribution in [0.25, 0.3) is 6.08 Å². The van der Waals surface area contributed by atoms with Crippen molar-refractivity contribution >= 4 is 78.8 Å². The lowest BCUT2D eigenvalue weighted by Gasteiger charge is -2.26. The molecule has 1 aliphatic rings. The van der Waals surface area contributed by atoms with Crippen LogP contribution in [0.3, 0.4) is 0 Å². The molecule has 0 spiro atoms. The van der Waals surface area contributed by atoms with Gasteiger partial charge < -0.3 is 4.74 Å². The number of carbonyl (C=O) groups excluding carboxylic acids is 3. The number of amides is 4.